The Morgan fingerprint density at radius 2 is 2.33 bits per heavy atom. The van der Waals surface area contributed by atoms with Crippen LogP contribution in [0.1, 0.15) is 22.9 Å². The number of methoxy groups -OCH3 is 1. The minimum Gasteiger partial charge on any atom is -0.469 e. The van der Waals surface area contributed by atoms with Crippen molar-refractivity contribution in [2.75, 3.05) is 19.4 Å². The first kappa shape index (κ1) is 12.1. The van der Waals surface area contributed by atoms with Crippen molar-refractivity contribution in [2.24, 2.45) is 0 Å². The monoisotopic (exact) mass is 263 g/mol. The SMILES string of the molecule is COC(=O)C[C@@H]1CS[C@H]2c3ccccc3CCN12. The van der Waals surface area contributed by atoms with Crippen LogP contribution in [0, 0.1) is 0 Å². The molecule has 2 heterocycles. The normalized spacial score (nSPS) is 26.5. The van der Waals surface area contributed by atoms with Crippen molar-refractivity contribution in [2.45, 2.75) is 24.3 Å². The number of carbonyl (C=O) groups excluding carboxylic acids is 1. The molecule has 4 heteroatoms. The van der Waals surface area contributed by atoms with Crippen molar-refractivity contribution in [1.82, 2.24) is 4.90 Å². The number of hydrogen-bond donors (Lipinski definition) is 0. The van der Waals surface area contributed by atoms with Gasteiger partial charge in [-0.05, 0) is 17.5 Å². The minimum absolute atomic E-state index is 0.0971. The maximum atomic E-state index is 11.4. The second-order valence-corrected chi connectivity index (χ2v) is 5.92. The first-order chi connectivity index (χ1) is 8.79. The van der Waals surface area contributed by atoms with Crippen LogP contribution in [-0.4, -0.2) is 36.3 Å². The van der Waals surface area contributed by atoms with E-state index in [0.717, 1.165) is 18.7 Å². The Kier molecular flexibility index (Phi) is 3.31. The van der Waals surface area contributed by atoms with Crippen molar-refractivity contribution < 1.29 is 9.53 Å². The van der Waals surface area contributed by atoms with Crippen LogP contribution in [0.5, 0.6) is 0 Å². The van der Waals surface area contributed by atoms with Crippen molar-refractivity contribution in [3.63, 3.8) is 0 Å². The third kappa shape index (κ3) is 2.04. The lowest BCUT2D eigenvalue weighted by Gasteiger charge is -2.34. The highest BCUT2D eigenvalue weighted by molar-refractivity contribution is 7.99. The lowest BCUT2D eigenvalue weighted by atomic mass is 9.98. The van der Waals surface area contributed by atoms with Gasteiger partial charge in [0.25, 0.3) is 0 Å². The molecule has 1 fully saturated rings. The Hall–Kier alpha value is -1.00. The predicted octanol–water partition coefficient (Wildman–Crippen LogP) is 2.22. The van der Waals surface area contributed by atoms with Gasteiger partial charge in [-0.1, -0.05) is 24.3 Å². The van der Waals surface area contributed by atoms with E-state index < -0.39 is 0 Å². The van der Waals surface area contributed by atoms with Crippen molar-refractivity contribution in [1.29, 1.82) is 0 Å². The molecule has 0 spiro atoms. The molecule has 0 unspecified atom stereocenters. The van der Waals surface area contributed by atoms with Crippen LogP contribution in [0.25, 0.3) is 0 Å². The Bertz CT molecular complexity index is 463. The van der Waals surface area contributed by atoms with Gasteiger partial charge in [-0.25, -0.2) is 0 Å². The van der Waals surface area contributed by atoms with Gasteiger partial charge in [-0.2, -0.15) is 0 Å². The van der Waals surface area contributed by atoms with Gasteiger partial charge in [0.1, 0.15) is 0 Å². The number of carbonyl (C=O) groups is 1. The quantitative estimate of drug-likeness (QED) is 0.765. The highest BCUT2D eigenvalue weighted by Gasteiger charge is 2.39. The van der Waals surface area contributed by atoms with E-state index >= 15 is 0 Å². The number of fused-ring (bicyclic) bond motifs is 3. The Balaban J connectivity index is 1.80. The molecule has 3 rings (SSSR count). The maximum Gasteiger partial charge on any atom is 0.307 e. The number of hydrogen-bond acceptors (Lipinski definition) is 4. The molecule has 1 aromatic rings. The third-order valence-corrected chi connectivity index (χ3v) is 5.22. The molecule has 1 saturated heterocycles. The first-order valence-electron chi connectivity index (χ1n) is 6.31. The molecule has 2 aliphatic heterocycles. The van der Waals surface area contributed by atoms with E-state index in [2.05, 4.69) is 29.2 Å². The van der Waals surface area contributed by atoms with Crippen LogP contribution in [0.3, 0.4) is 0 Å². The standard InChI is InChI=1S/C14H17NO2S/c1-17-13(16)8-11-9-18-14-12-5-3-2-4-10(12)6-7-15(11)14/h2-5,11,14H,6-9H2,1H3/t11-,14+/m1/s1. The second-order valence-electron chi connectivity index (χ2n) is 4.81. The molecule has 18 heavy (non-hydrogen) atoms. The third-order valence-electron chi connectivity index (χ3n) is 3.81. The fourth-order valence-electron chi connectivity index (χ4n) is 2.86. The van der Waals surface area contributed by atoms with E-state index in [4.69, 9.17) is 4.74 Å². The molecule has 0 aromatic heterocycles. The first-order valence-corrected chi connectivity index (χ1v) is 7.36. The number of rotatable bonds is 2. The summed E-state index contributed by atoms with van der Waals surface area (Å²) in [4.78, 5) is 13.9. The zero-order chi connectivity index (χ0) is 12.5. The lowest BCUT2D eigenvalue weighted by Crippen LogP contribution is -2.38. The van der Waals surface area contributed by atoms with E-state index in [9.17, 15) is 4.79 Å². The van der Waals surface area contributed by atoms with E-state index in [1.54, 1.807) is 0 Å². The molecule has 0 bridgehead atoms. The molecule has 0 aliphatic carbocycles. The van der Waals surface area contributed by atoms with Crippen molar-refractivity contribution in [3.8, 4) is 0 Å². The molecule has 3 nitrogen and oxygen atoms in total. The van der Waals surface area contributed by atoms with Gasteiger partial charge >= 0.3 is 5.97 Å². The Labute approximate surface area is 111 Å². The highest BCUT2D eigenvalue weighted by atomic mass is 32.2. The minimum atomic E-state index is -0.0971. The number of nitrogens with zero attached hydrogens (tertiary/aromatic N) is 1. The fourth-order valence-corrected chi connectivity index (χ4v) is 4.45. The predicted molar refractivity (Wildman–Crippen MR) is 72.5 cm³/mol. The topological polar surface area (TPSA) is 29.5 Å². The average Bonchev–Trinajstić information content (AvgIpc) is 2.82. The summed E-state index contributed by atoms with van der Waals surface area (Å²) in [6, 6.07) is 9.00. The Morgan fingerprint density at radius 3 is 3.17 bits per heavy atom. The van der Waals surface area contributed by atoms with Gasteiger partial charge in [0.15, 0.2) is 0 Å². The summed E-state index contributed by atoms with van der Waals surface area (Å²) < 4.78 is 4.79. The van der Waals surface area contributed by atoms with Gasteiger partial charge in [0.2, 0.25) is 0 Å². The summed E-state index contributed by atoms with van der Waals surface area (Å²) in [6.07, 6.45) is 1.60. The van der Waals surface area contributed by atoms with Gasteiger partial charge < -0.3 is 4.74 Å². The van der Waals surface area contributed by atoms with Crippen LogP contribution in [0.2, 0.25) is 0 Å². The van der Waals surface area contributed by atoms with E-state index in [0.29, 0.717) is 17.8 Å². The smallest absolute Gasteiger partial charge is 0.307 e. The van der Waals surface area contributed by atoms with E-state index in [1.165, 1.54) is 18.2 Å². The van der Waals surface area contributed by atoms with Gasteiger partial charge in [-0.15, -0.1) is 11.8 Å². The number of benzene rings is 1. The second kappa shape index (κ2) is 4.94. The Morgan fingerprint density at radius 1 is 1.50 bits per heavy atom. The van der Waals surface area contributed by atoms with Crippen LogP contribution in [0.4, 0.5) is 0 Å². The zero-order valence-electron chi connectivity index (χ0n) is 10.5. The molecule has 0 saturated carbocycles. The molecule has 1 aromatic carbocycles. The van der Waals surface area contributed by atoms with Gasteiger partial charge in [-0.3, -0.25) is 9.69 Å². The summed E-state index contributed by atoms with van der Waals surface area (Å²) in [6.45, 7) is 1.05. The van der Waals surface area contributed by atoms with Crippen LogP contribution < -0.4 is 0 Å². The molecule has 0 amide bonds. The number of ether oxygens (including phenoxy) is 1. The van der Waals surface area contributed by atoms with Crippen molar-refractivity contribution >= 4 is 17.7 Å². The summed E-state index contributed by atoms with van der Waals surface area (Å²) in [5.41, 5.74) is 2.89. The summed E-state index contributed by atoms with van der Waals surface area (Å²) in [5, 5.41) is 0.435. The fraction of sp³-hybridized carbons (Fsp3) is 0.500. The zero-order valence-corrected chi connectivity index (χ0v) is 11.3. The van der Waals surface area contributed by atoms with Gasteiger partial charge in [0.05, 0.1) is 18.9 Å². The van der Waals surface area contributed by atoms with Crippen molar-refractivity contribution in [3.05, 3.63) is 35.4 Å². The maximum absolute atomic E-state index is 11.4. The molecular weight excluding hydrogens is 246 g/mol. The number of thioether (sulfide) groups is 1. The largest absolute Gasteiger partial charge is 0.469 e. The molecule has 0 N–H and O–H groups in total. The molecule has 96 valence electrons. The highest BCUT2D eigenvalue weighted by Crippen LogP contribution is 2.45. The number of esters is 1. The van der Waals surface area contributed by atoms with Crippen LogP contribution in [-0.2, 0) is 16.0 Å². The van der Waals surface area contributed by atoms with Crippen LogP contribution in [0.15, 0.2) is 24.3 Å². The molecule has 2 aliphatic rings. The average molecular weight is 263 g/mol. The summed E-state index contributed by atoms with van der Waals surface area (Å²) in [5.74, 6) is 0.925. The van der Waals surface area contributed by atoms with E-state index in [1.807, 2.05) is 11.8 Å². The molecule has 2 atom stereocenters. The van der Waals surface area contributed by atoms with Crippen LogP contribution >= 0.6 is 11.8 Å². The molecular formula is C14H17NO2S. The lowest BCUT2D eigenvalue weighted by molar-refractivity contribution is -0.141. The summed E-state index contributed by atoms with van der Waals surface area (Å²) >= 11 is 1.95. The van der Waals surface area contributed by atoms with Gasteiger partial charge in [0, 0.05) is 18.3 Å². The summed E-state index contributed by atoms with van der Waals surface area (Å²) in [7, 11) is 1.47. The molecule has 0 radical (unpaired) electrons. The van der Waals surface area contributed by atoms with E-state index in [-0.39, 0.29) is 5.97 Å².